The van der Waals surface area contributed by atoms with E-state index in [0.29, 0.717) is 11.4 Å². The van der Waals surface area contributed by atoms with Crippen molar-refractivity contribution >= 4 is 17.1 Å². The van der Waals surface area contributed by atoms with Gasteiger partial charge in [0.05, 0.1) is 11.4 Å². The van der Waals surface area contributed by atoms with E-state index >= 15 is 0 Å². The highest BCUT2D eigenvalue weighted by atomic mass is 15.2. The van der Waals surface area contributed by atoms with Crippen LogP contribution in [0.2, 0.25) is 0 Å². The normalized spacial score (nSPS) is 15.6. The molecule has 0 aromatic heterocycles. The summed E-state index contributed by atoms with van der Waals surface area (Å²) in [6.07, 6.45) is 1.28. The number of rotatable bonds is 1. The second-order valence-electron chi connectivity index (χ2n) is 3.61. The molecule has 1 aromatic carbocycles. The Labute approximate surface area is 78.3 Å². The first kappa shape index (κ1) is 8.23. The topological polar surface area (TPSA) is 55.3 Å². The van der Waals surface area contributed by atoms with Crippen LogP contribution in [0.5, 0.6) is 0 Å². The fourth-order valence-electron chi connectivity index (χ4n) is 1.63. The average molecular weight is 177 g/mol. The number of nitrogen functional groups attached to an aromatic ring is 2. The molecule has 0 bridgehead atoms. The molecule has 2 rings (SSSR count). The maximum Gasteiger partial charge on any atom is 0.0568 e. The Hall–Kier alpha value is -1.38. The van der Waals surface area contributed by atoms with E-state index in [1.165, 1.54) is 17.7 Å². The molecule has 1 aliphatic heterocycles. The van der Waals surface area contributed by atoms with E-state index in [2.05, 4.69) is 11.8 Å². The molecule has 1 aromatic rings. The quantitative estimate of drug-likeness (QED) is 0.637. The Morgan fingerprint density at radius 3 is 2.31 bits per heavy atom. The number of nitrogens with zero attached hydrogens (tertiary/aromatic N) is 1. The number of hydrogen-bond donors (Lipinski definition) is 2. The fourth-order valence-corrected chi connectivity index (χ4v) is 1.63. The molecule has 0 unspecified atom stereocenters. The molecule has 0 spiro atoms. The minimum atomic E-state index is 0.682. The van der Waals surface area contributed by atoms with Crippen LogP contribution in [0.25, 0.3) is 0 Å². The van der Waals surface area contributed by atoms with E-state index in [0.717, 1.165) is 13.1 Å². The van der Waals surface area contributed by atoms with Crippen LogP contribution in [0.1, 0.15) is 12.0 Å². The molecule has 0 saturated carbocycles. The maximum absolute atomic E-state index is 5.75. The summed E-state index contributed by atoms with van der Waals surface area (Å²) in [6, 6.07) is 3.92. The molecule has 1 fully saturated rings. The maximum atomic E-state index is 5.75. The van der Waals surface area contributed by atoms with Gasteiger partial charge in [0.2, 0.25) is 0 Å². The summed E-state index contributed by atoms with van der Waals surface area (Å²) in [5.41, 5.74) is 15.3. The fraction of sp³-hybridized carbons (Fsp3) is 0.400. The SMILES string of the molecule is Cc1cc(N)c(N)cc1N1CCC1. The second-order valence-corrected chi connectivity index (χ2v) is 3.61. The van der Waals surface area contributed by atoms with Gasteiger partial charge in [-0.05, 0) is 31.0 Å². The van der Waals surface area contributed by atoms with Gasteiger partial charge in [-0.15, -0.1) is 0 Å². The Kier molecular flexibility index (Phi) is 1.79. The van der Waals surface area contributed by atoms with Gasteiger partial charge >= 0.3 is 0 Å². The predicted molar refractivity (Wildman–Crippen MR) is 56.8 cm³/mol. The van der Waals surface area contributed by atoms with Crippen molar-refractivity contribution in [2.75, 3.05) is 29.5 Å². The first-order chi connectivity index (χ1) is 6.18. The smallest absolute Gasteiger partial charge is 0.0568 e. The van der Waals surface area contributed by atoms with Crippen molar-refractivity contribution in [1.29, 1.82) is 0 Å². The van der Waals surface area contributed by atoms with Gasteiger partial charge in [-0.3, -0.25) is 0 Å². The number of benzene rings is 1. The molecule has 1 saturated heterocycles. The van der Waals surface area contributed by atoms with Crippen molar-refractivity contribution in [3.63, 3.8) is 0 Å². The standard InChI is InChI=1S/C10H15N3/c1-7-5-8(11)9(12)6-10(7)13-3-2-4-13/h5-6H,2-4,11-12H2,1H3. The molecule has 3 nitrogen and oxygen atoms in total. The van der Waals surface area contributed by atoms with Crippen molar-refractivity contribution < 1.29 is 0 Å². The Balaban J connectivity index is 2.39. The van der Waals surface area contributed by atoms with E-state index < -0.39 is 0 Å². The Bertz CT molecular complexity index is 329. The molecular formula is C10H15N3. The van der Waals surface area contributed by atoms with Crippen LogP contribution in [0.15, 0.2) is 12.1 Å². The van der Waals surface area contributed by atoms with Crippen molar-refractivity contribution in [3.8, 4) is 0 Å². The number of anilines is 3. The molecule has 13 heavy (non-hydrogen) atoms. The highest BCUT2D eigenvalue weighted by molar-refractivity contribution is 5.73. The van der Waals surface area contributed by atoms with E-state index in [1.807, 2.05) is 12.1 Å². The lowest BCUT2D eigenvalue weighted by Crippen LogP contribution is -2.37. The zero-order chi connectivity index (χ0) is 9.42. The van der Waals surface area contributed by atoms with Gasteiger partial charge in [0.15, 0.2) is 0 Å². The monoisotopic (exact) mass is 177 g/mol. The number of aryl methyl sites for hydroxylation is 1. The van der Waals surface area contributed by atoms with Gasteiger partial charge in [-0.1, -0.05) is 0 Å². The van der Waals surface area contributed by atoms with Crippen LogP contribution in [-0.4, -0.2) is 13.1 Å². The van der Waals surface area contributed by atoms with Gasteiger partial charge in [0, 0.05) is 18.8 Å². The Morgan fingerprint density at radius 1 is 1.15 bits per heavy atom. The number of hydrogen-bond acceptors (Lipinski definition) is 3. The van der Waals surface area contributed by atoms with Crippen LogP contribution in [0.4, 0.5) is 17.1 Å². The highest BCUT2D eigenvalue weighted by Gasteiger charge is 2.16. The lowest BCUT2D eigenvalue weighted by Gasteiger charge is -2.34. The highest BCUT2D eigenvalue weighted by Crippen LogP contribution is 2.30. The van der Waals surface area contributed by atoms with Crippen LogP contribution >= 0.6 is 0 Å². The summed E-state index contributed by atoms with van der Waals surface area (Å²) < 4.78 is 0. The zero-order valence-electron chi connectivity index (χ0n) is 7.88. The molecule has 0 radical (unpaired) electrons. The first-order valence-corrected chi connectivity index (χ1v) is 4.59. The minimum Gasteiger partial charge on any atom is -0.397 e. The lowest BCUT2D eigenvalue weighted by molar-refractivity contribution is 0.616. The summed E-state index contributed by atoms with van der Waals surface area (Å²) in [5, 5.41) is 0. The first-order valence-electron chi connectivity index (χ1n) is 4.59. The van der Waals surface area contributed by atoms with Crippen LogP contribution in [0, 0.1) is 6.92 Å². The molecule has 0 aliphatic carbocycles. The molecule has 1 heterocycles. The number of nitrogens with two attached hydrogens (primary N) is 2. The van der Waals surface area contributed by atoms with Crippen LogP contribution in [0.3, 0.4) is 0 Å². The predicted octanol–water partition coefficient (Wildman–Crippen LogP) is 1.37. The van der Waals surface area contributed by atoms with Crippen molar-refractivity contribution in [2.45, 2.75) is 13.3 Å². The summed E-state index contributed by atoms with van der Waals surface area (Å²) >= 11 is 0. The van der Waals surface area contributed by atoms with Gasteiger partial charge in [0.1, 0.15) is 0 Å². The van der Waals surface area contributed by atoms with Gasteiger partial charge in [-0.25, -0.2) is 0 Å². The van der Waals surface area contributed by atoms with Gasteiger partial charge in [0.25, 0.3) is 0 Å². The summed E-state index contributed by atoms with van der Waals surface area (Å²) in [7, 11) is 0. The molecular weight excluding hydrogens is 162 g/mol. The molecule has 1 aliphatic rings. The Morgan fingerprint density at radius 2 is 1.77 bits per heavy atom. The van der Waals surface area contributed by atoms with Crippen molar-refractivity contribution in [1.82, 2.24) is 0 Å². The summed E-state index contributed by atoms with van der Waals surface area (Å²) in [5.74, 6) is 0. The van der Waals surface area contributed by atoms with E-state index in [-0.39, 0.29) is 0 Å². The molecule has 70 valence electrons. The second kappa shape index (κ2) is 2.83. The third-order valence-corrected chi connectivity index (χ3v) is 2.60. The van der Waals surface area contributed by atoms with Crippen LogP contribution < -0.4 is 16.4 Å². The molecule has 0 atom stereocenters. The summed E-state index contributed by atoms with van der Waals surface area (Å²) in [6.45, 7) is 4.36. The molecule has 4 N–H and O–H groups in total. The largest absolute Gasteiger partial charge is 0.397 e. The summed E-state index contributed by atoms with van der Waals surface area (Å²) in [4.78, 5) is 2.32. The minimum absolute atomic E-state index is 0.682. The van der Waals surface area contributed by atoms with Gasteiger partial charge < -0.3 is 16.4 Å². The van der Waals surface area contributed by atoms with E-state index in [9.17, 15) is 0 Å². The third kappa shape index (κ3) is 1.30. The van der Waals surface area contributed by atoms with Gasteiger partial charge in [-0.2, -0.15) is 0 Å². The van der Waals surface area contributed by atoms with E-state index in [1.54, 1.807) is 0 Å². The molecule has 0 amide bonds. The van der Waals surface area contributed by atoms with Crippen molar-refractivity contribution in [3.05, 3.63) is 17.7 Å². The average Bonchev–Trinajstić information content (AvgIpc) is 1.96. The van der Waals surface area contributed by atoms with Crippen molar-refractivity contribution in [2.24, 2.45) is 0 Å². The lowest BCUT2D eigenvalue weighted by atomic mass is 10.1. The zero-order valence-corrected chi connectivity index (χ0v) is 7.88. The van der Waals surface area contributed by atoms with E-state index in [4.69, 9.17) is 11.5 Å². The molecule has 3 heteroatoms. The third-order valence-electron chi connectivity index (χ3n) is 2.60. The van der Waals surface area contributed by atoms with Crippen LogP contribution in [-0.2, 0) is 0 Å².